The van der Waals surface area contributed by atoms with Gasteiger partial charge in [-0.05, 0) is 73.6 Å². The zero-order chi connectivity index (χ0) is 24.1. The number of nitrogens with one attached hydrogen (secondary N) is 3. The third-order valence-corrected chi connectivity index (χ3v) is 4.56. The number of furan rings is 1. The molecule has 1 heterocycles. The zero-order valence-corrected chi connectivity index (χ0v) is 18.9. The largest absolute Gasteiger partial charge is 0.464 e. The number of carbonyl (C=O) groups excluding carboxylic acids is 1. The number of fused-ring (bicyclic) bond motifs is 1. The van der Waals surface area contributed by atoms with E-state index >= 15 is 0 Å². The summed E-state index contributed by atoms with van der Waals surface area (Å²) in [5, 5.41) is 15.6. The Morgan fingerprint density at radius 1 is 1.15 bits per heavy atom. The lowest BCUT2D eigenvalue weighted by atomic mass is 10.1. The number of halogens is 1. The van der Waals surface area contributed by atoms with Crippen molar-refractivity contribution in [3.63, 3.8) is 0 Å². The van der Waals surface area contributed by atoms with Crippen molar-refractivity contribution in [1.29, 1.82) is 0 Å². The summed E-state index contributed by atoms with van der Waals surface area (Å²) in [6.07, 6.45) is 8.68. The smallest absolute Gasteiger partial charge is 0.267 e. The number of benzene rings is 2. The number of allylic oxidation sites excluding steroid dienone is 2. The average Bonchev–Trinajstić information content (AvgIpc) is 3.28. The minimum absolute atomic E-state index is 0.283. The van der Waals surface area contributed by atoms with Crippen LogP contribution in [-0.4, -0.2) is 24.7 Å². The topological polar surface area (TPSA) is 86.5 Å². The second-order valence-electron chi connectivity index (χ2n) is 7.35. The Bertz CT molecular complexity index is 1120. The number of hydroxylamine groups is 1. The Kier molecular flexibility index (Phi) is 10.6. The van der Waals surface area contributed by atoms with Gasteiger partial charge in [-0.3, -0.25) is 10.0 Å². The molecule has 2 aromatic carbocycles. The van der Waals surface area contributed by atoms with E-state index in [1.54, 1.807) is 18.4 Å². The van der Waals surface area contributed by atoms with Gasteiger partial charge in [0.1, 0.15) is 11.4 Å². The van der Waals surface area contributed by atoms with Crippen LogP contribution in [0.1, 0.15) is 23.6 Å². The van der Waals surface area contributed by atoms with E-state index in [4.69, 9.17) is 9.62 Å². The van der Waals surface area contributed by atoms with Gasteiger partial charge in [0.15, 0.2) is 0 Å². The fourth-order valence-corrected chi connectivity index (χ4v) is 2.88. The van der Waals surface area contributed by atoms with E-state index in [0.29, 0.717) is 6.54 Å². The van der Waals surface area contributed by atoms with Gasteiger partial charge in [0.2, 0.25) is 0 Å². The highest BCUT2D eigenvalue weighted by Gasteiger charge is 2.03. The number of hydrogen-bond donors (Lipinski definition) is 4. The maximum absolute atomic E-state index is 14.0. The molecule has 4 N–H and O–H groups in total. The van der Waals surface area contributed by atoms with Crippen molar-refractivity contribution in [3.05, 3.63) is 102 Å². The number of carbonyl (C=O) groups is 1. The lowest BCUT2D eigenvalue weighted by Gasteiger charge is -2.07. The molecule has 0 fully saturated rings. The van der Waals surface area contributed by atoms with Crippen LogP contribution in [0.4, 0.5) is 4.39 Å². The van der Waals surface area contributed by atoms with Crippen molar-refractivity contribution >= 4 is 23.0 Å². The van der Waals surface area contributed by atoms with Gasteiger partial charge in [-0.1, -0.05) is 30.4 Å². The quantitative estimate of drug-likeness (QED) is 0.124. The highest BCUT2D eigenvalue weighted by Crippen LogP contribution is 2.17. The fourth-order valence-electron chi connectivity index (χ4n) is 2.88. The third kappa shape index (κ3) is 9.14. The lowest BCUT2D eigenvalue weighted by Crippen LogP contribution is -2.16. The molecule has 0 radical (unpaired) electrons. The molecular formula is C26H30FN3O3. The molecule has 0 aliphatic carbocycles. The molecule has 0 atom stereocenters. The van der Waals surface area contributed by atoms with Gasteiger partial charge < -0.3 is 15.1 Å². The van der Waals surface area contributed by atoms with Crippen LogP contribution in [0.2, 0.25) is 0 Å². The third-order valence-electron chi connectivity index (χ3n) is 4.56. The van der Waals surface area contributed by atoms with Crippen molar-refractivity contribution in [2.75, 3.05) is 13.6 Å². The summed E-state index contributed by atoms with van der Waals surface area (Å²) >= 11 is 0. The van der Waals surface area contributed by atoms with Crippen LogP contribution in [0.3, 0.4) is 0 Å². The highest BCUT2D eigenvalue weighted by atomic mass is 19.1. The average molecular weight is 452 g/mol. The zero-order valence-electron chi connectivity index (χ0n) is 18.9. The molecule has 0 saturated heterocycles. The fraction of sp³-hybridized carbons (Fsp3) is 0.192. The predicted molar refractivity (Wildman–Crippen MR) is 130 cm³/mol. The summed E-state index contributed by atoms with van der Waals surface area (Å²) in [5.41, 5.74) is 5.71. The summed E-state index contributed by atoms with van der Waals surface area (Å²) < 4.78 is 19.3. The molecule has 3 rings (SSSR count). The Balaban J connectivity index is 0.000000479. The first-order chi connectivity index (χ1) is 15.9. The minimum Gasteiger partial charge on any atom is -0.464 e. The molecule has 1 amide bonds. The van der Waals surface area contributed by atoms with Crippen LogP contribution >= 0.6 is 0 Å². The van der Waals surface area contributed by atoms with Gasteiger partial charge in [0.25, 0.3) is 5.91 Å². The van der Waals surface area contributed by atoms with E-state index in [1.165, 1.54) is 23.2 Å². The van der Waals surface area contributed by atoms with Crippen LogP contribution in [0.15, 0.2) is 83.6 Å². The molecule has 33 heavy (non-hydrogen) atoms. The molecular weight excluding hydrogens is 421 g/mol. The van der Waals surface area contributed by atoms with Crippen LogP contribution < -0.4 is 16.1 Å². The van der Waals surface area contributed by atoms with E-state index in [1.807, 2.05) is 44.4 Å². The first kappa shape index (κ1) is 25.6. The van der Waals surface area contributed by atoms with Crippen molar-refractivity contribution in [3.8, 4) is 0 Å². The van der Waals surface area contributed by atoms with Crippen LogP contribution in [-0.2, 0) is 17.8 Å². The Labute approximate surface area is 193 Å². The normalized spacial score (nSPS) is 10.9. The second kappa shape index (κ2) is 13.7. The Morgan fingerprint density at radius 3 is 2.61 bits per heavy atom. The Morgan fingerprint density at radius 2 is 1.94 bits per heavy atom. The van der Waals surface area contributed by atoms with Gasteiger partial charge in [0.05, 0.1) is 6.26 Å². The van der Waals surface area contributed by atoms with Gasteiger partial charge in [-0.15, -0.1) is 0 Å². The predicted octanol–water partition coefficient (Wildman–Crippen LogP) is 4.72. The molecule has 1 aromatic heterocycles. The molecule has 7 heteroatoms. The summed E-state index contributed by atoms with van der Waals surface area (Å²) in [6.45, 7) is 6.93. The SMILES string of the molecule is C=C(C)/C=C\NC.O=C(/C=C/c1ccc(CNCCc2ccc3occc3c2)cc1F)NO. The van der Waals surface area contributed by atoms with Gasteiger partial charge in [-0.25, -0.2) is 9.87 Å². The first-order valence-corrected chi connectivity index (χ1v) is 10.5. The summed E-state index contributed by atoms with van der Waals surface area (Å²) in [7, 11) is 1.86. The van der Waals surface area contributed by atoms with E-state index in [-0.39, 0.29) is 5.56 Å². The van der Waals surface area contributed by atoms with E-state index < -0.39 is 11.7 Å². The molecule has 0 aliphatic rings. The number of hydrogen-bond acceptors (Lipinski definition) is 5. The lowest BCUT2D eigenvalue weighted by molar-refractivity contribution is -0.124. The summed E-state index contributed by atoms with van der Waals surface area (Å²) in [6, 6.07) is 12.9. The van der Waals surface area contributed by atoms with E-state index in [2.05, 4.69) is 23.3 Å². The second-order valence-corrected chi connectivity index (χ2v) is 7.35. The molecule has 0 unspecified atom stereocenters. The van der Waals surface area contributed by atoms with Crippen LogP contribution in [0, 0.1) is 5.82 Å². The number of amides is 1. The molecule has 0 aliphatic heterocycles. The first-order valence-electron chi connectivity index (χ1n) is 10.5. The molecule has 3 aromatic rings. The monoisotopic (exact) mass is 451 g/mol. The van der Waals surface area contributed by atoms with Crippen LogP contribution in [0.5, 0.6) is 0 Å². The minimum atomic E-state index is -0.705. The van der Waals surface area contributed by atoms with Crippen molar-refractivity contribution in [1.82, 2.24) is 16.1 Å². The van der Waals surface area contributed by atoms with Crippen molar-refractivity contribution in [2.45, 2.75) is 19.9 Å². The highest BCUT2D eigenvalue weighted by molar-refractivity contribution is 5.90. The maximum atomic E-state index is 14.0. The van der Waals surface area contributed by atoms with Gasteiger partial charge >= 0.3 is 0 Å². The van der Waals surface area contributed by atoms with E-state index in [0.717, 1.165) is 41.1 Å². The summed E-state index contributed by atoms with van der Waals surface area (Å²) in [4.78, 5) is 10.9. The van der Waals surface area contributed by atoms with Crippen molar-refractivity contribution in [2.24, 2.45) is 0 Å². The van der Waals surface area contributed by atoms with Crippen molar-refractivity contribution < 1.29 is 18.8 Å². The molecule has 174 valence electrons. The standard InChI is InChI=1S/C20H19FN2O3.C6H11N/c21-18-12-15(1-3-16(18)4-6-20(24)23-25)13-22-9-7-14-2-5-19-17(11-14)8-10-26-19;1-6(2)4-5-7-3/h1-6,8,10-12,22,25H,7,9,13H2,(H,23,24);4-5,7H,1H2,2-3H3/b6-4+;5-4-. The molecule has 0 saturated carbocycles. The number of rotatable bonds is 9. The Hall–Kier alpha value is -3.68. The molecule has 0 spiro atoms. The maximum Gasteiger partial charge on any atom is 0.267 e. The van der Waals surface area contributed by atoms with Gasteiger partial charge in [0, 0.05) is 30.6 Å². The summed E-state index contributed by atoms with van der Waals surface area (Å²) in [5.74, 6) is -1.12. The molecule has 0 bridgehead atoms. The van der Waals surface area contributed by atoms with Crippen LogP contribution in [0.25, 0.3) is 17.0 Å². The van der Waals surface area contributed by atoms with E-state index in [9.17, 15) is 9.18 Å². The molecule has 6 nitrogen and oxygen atoms in total. The van der Waals surface area contributed by atoms with Gasteiger partial charge in [-0.2, -0.15) is 0 Å².